The molecule has 10 heteroatoms. The maximum atomic E-state index is 13.2. The van der Waals surface area contributed by atoms with Crippen LogP contribution < -0.4 is 9.80 Å². The van der Waals surface area contributed by atoms with E-state index in [4.69, 9.17) is 0 Å². The largest absolute Gasteiger partial charge is 0.313 e. The summed E-state index contributed by atoms with van der Waals surface area (Å²) in [6.45, 7) is 10.2. The number of hydrogen-bond donors (Lipinski definition) is 0. The van der Waals surface area contributed by atoms with E-state index in [1.165, 1.54) is 11.1 Å². The van der Waals surface area contributed by atoms with Gasteiger partial charge in [0, 0.05) is 57.5 Å². The lowest BCUT2D eigenvalue weighted by Gasteiger charge is -2.27. The zero-order valence-corrected chi connectivity index (χ0v) is 25.5. The summed E-state index contributed by atoms with van der Waals surface area (Å²) >= 11 is 0. The van der Waals surface area contributed by atoms with Gasteiger partial charge in [0.1, 0.15) is 5.41 Å². The Balaban J connectivity index is 0.00000253. The number of hydrogen-bond acceptors (Lipinski definition) is 5. The quantitative estimate of drug-likeness (QED) is 0.315. The highest BCUT2D eigenvalue weighted by Gasteiger charge is 2.45. The Morgan fingerprint density at radius 2 is 1.56 bits per heavy atom. The van der Waals surface area contributed by atoms with Gasteiger partial charge in [-0.25, -0.2) is 0 Å². The predicted octanol–water partition coefficient (Wildman–Crippen LogP) is 5.65. The van der Waals surface area contributed by atoms with E-state index >= 15 is 0 Å². The van der Waals surface area contributed by atoms with Crippen molar-refractivity contribution in [1.29, 1.82) is 0 Å². The molecule has 1 aliphatic rings. The van der Waals surface area contributed by atoms with Crippen LogP contribution in [0.25, 0.3) is 0 Å². The minimum atomic E-state index is -1.11. The second-order valence-electron chi connectivity index (χ2n) is 9.93. The summed E-state index contributed by atoms with van der Waals surface area (Å²) in [4.78, 5) is 40.8. The van der Waals surface area contributed by atoms with Crippen molar-refractivity contribution < 1.29 is 9.59 Å². The third kappa shape index (κ3) is 7.48. The van der Waals surface area contributed by atoms with E-state index in [0.717, 1.165) is 42.1 Å². The Bertz CT molecular complexity index is 1260. The number of carbonyl (C=O) groups excluding carboxylic acids is 2. The molecule has 2 amide bonds. The Morgan fingerprint density at radius 3 is 2.21 bits per heavy atom. The summed E-state index contributed by atoms with van der Waals surface area (Å²) in [6, 6.07) is 14.3. The smallest absolute Gasteiger partial charge is 0.242 e. The molecular formula is C29H38Cl3N5O2. The minimum Gasteiger partial charge on any atom is -0.313 e. The molecule has 0 saturated carbocycles. The van der Waals surface area contributed by atoms with Crippen molar-refractivity contribution in [3.8, 4) is 0 Å². The Hall–Kier alpha value is -2.71. The maximum absolute atomic E-state index is 13.2. The zero-order valence-electron chi connectivity index (χ0n) is 23.1. The molecule has 0 aliphatic carbocycles. The van der Waals surface area contributed by atoms with Gasteiger partial charge in [-0.1, -0.05) is 12.1 Å². The van der Waals surface area contributed by atoms with Crippen molar-refractivity contribution in [1.82, 2.24) is 14.9 Å². The second kappa shape index (κ2) is 14.6. The molecule has 4 rings (SSSR count). The summed E-state index contributed by atoms with van der Waals surface area (Å²) in [5, 5.41) is 0. The molecule has 0 spiro atoms. The minimum absolute atomic E-state index is 0. The van der Waals surface area contributed by atoms with Gasteiger partial charge in [-0.05, 0) is 81.1 Å². The molecule has 0 bridgehead atoms. The van der Waals surface area contributed by atoms with Crippen LogP contribution in [-0.4, -0.2) is 46.8 Å². The van der Waals surface area contributed by atoms with Gasteiger partial charge in [-0.3, -0.25) is 24.5 Å². The average Bonchev–Trinajstić information content (AvgIpc) is 2.93. The molecule has 0 fully saturated rings. The van der Waals surface area contributed by atoms with Crippen LogP contribution in [0.4, 0.5) is 11.4 Å². The molecule has 0 radical (unpaired) electrons. The molecular weight excluding hydrogens is 557 g/mol. The van der Waals surface area contributed by atoms with Crippen LogP contribution in [0.2, 0.25) is 0 Å². The Labute approximate surface area is 250 Å². The van der Waals surface area contributed by atoms with Gasteiger partial charge in [-0.2, -0.15) is 0 Å². The summed E-state index contributed by atoms with van der Waals surface area (Å²) in [5.41, 5.74) is 4.98. The number of aryl methyl sites for hydroxylation is 1. The molecule has 212 valence electrons. The first-order chi connectivity index (χ1) is 17.2. The van der Waals surface area contributed by atoms with Crippen LogP contribution in [0.3, 0.4) is 0 Å². The van der Waals surface area contributed by atoms with E-state index in [2.05, 4.69) is 45.2 Å². The van der Waals surface area contributed by atoms with Gasteiger partial charge in [-0.15, -0.1) is 37.2 Å². The lowest BCUT2D eigenvalue weighted by Crippen LogP contribution is -2.47. The van der Waals surface area contributed by atoms with Gasteiger partial charge in [0.15, 0.2) is 0 Å². The molecule has 0 N–H and O–H groups in total. The third-order valence-electron chi connectivity index (χ3n) is 7.01. The number of amides is 2. The lowest BCUT2D eigenvalue weighted by atomic mass is 9.90. The summed E-state index contributed by atoms with van der Waals surface area (Å²) in [7, 11) is 1.76. The number of carbonyl (C=O) groups is 2. The predicted molar refractivity (Wildman–Crippen MR) is 164 cm³/mol. The lowest BCUT2D eigenvalue weighted by molar-refractivity contribution is -0.137. The molecule has 1 aliphatic heterocycles. The van der Waals surface area contributed by atoms with E-state index < -0.39 is 5.41 Å². The van der Waals surface area contributed by atoms with Crippen LogP contribution in [0, 0.1) is 12.3 Å². The first-order valence-electron chi connectivity index (χ1n) is 12.5. The Morgan fingerprint density at radius 1 is 0.872 bits per heavy atom. The number of benzene rings is 1. The molecule has 0 atom stereocenters. The molecule has 39 heavy (non-hydrogen) atoms. The van der Waals surface area contributed by atoms with Crippen LogP contribution in [0.1, 0.15) is 43.2 Å². The SMILES string of the molecule is CCN1C(=O)C(C)(C)C(=O)N(C)c2cc(CN(CCc3ccncc3)Cc3cccnc3C)ccc21.Cl.Cl.Cl. The van der Waals surface area contributed by atoms with E-state index in [9.17, 15) is 9.59 Å². The topological polar surface area (TPSA) is 69.6 Å². The van der Waals surface area contributed by atoms with Gasteiger partial charge >= 0.3 is 0 Å². The molecule has 0 unspecified atom stereocenters. The number of pyridine rings is 2. The van der Waals surface area contributed by atoms with E-state index in [-0.39, 0.29) is 49.0 Å². The average molecular weight is 595 g/mol. The number of halogens is 3. The monoisotopic (exact) mass is 593 g/mol. The number of aromatic nitrogens is 2. The molecule has 3 aromatic rings. The van der Waals surface area contributed by atoms with Crippen molar-refractivity contribution in [3.63, 3.8) is 0 Å². The van der Waals surface area contributed by atoms with Crippen molar-refractivity contribution in [2.75, 3.05) is 29.9 Å². The maximum Gasteiger partial charge on any atom is 0.242 e. The molecule has 3 heterocycles. The van der Waals surface area contributed by atoms with Crippen molar-refractivity contribution >= 4 is 60.4 Å². The fourth-order valence-electron chi connectivity index (χ4n) is 4.78. The van der Waals surface area contributed by atoms with Gasteiger partial charge < -0.3 is 9.80 Å². The van der Waals surface area contributed by atoms with Gasteiger partial charge in [0.05, 0.1) is 11.4 Å². The standard InChI is InChI=1S/C29H35N5O2.3ClH/c1-6-34-25-10-9-23(18-26(25)32(5)27(35)29(3,4)28(34)36)19-33(17-13-22-11-15-30-16-12-22)20-24-8-7-14-31-21(24)2;;;/h7-12,14-16,18H,6,13,17,19-20H2,1-5H3;3*1H. The summed E-state index contributed by atoms with van der Waals surface area (Å²) in [6.07, 6.45) is 6.37. The molecule has 0 saturated heterocycles. The first-order valence-corrected chi connectivity index (χ1v) is 12.5. The highest BCUT2D eigenvalue weighted by molar-refractivity contribution is 6.19. The third-order valence-corrected chi connectivity index (χ3v) is 7.01. The fourth-order valence-corrected chi connectivity index (χ4v) is 4.78. The van der Waals surface area contributed by atoms with Crippen LogP contribution >= 0.6 is 37.2 Å². The molecule has 7 nitrogen and oxygen atoms in total. The number of anilines is 2. The van der Waals surface area contributed by atoms with Gasteiger partial charge in [0.2, 0.25) is 11.8 Å². The normalized spacial score (nSPS) is 14.1. The number of rotatable bonds is 8. The number of fused-ring (bicyclic) bond motifs is 1. The van der Waals surface area contributed by atoms with Crippen LogP contribution in [-0.2, 0) is 29.1 Å². The summed E-state index contributed by atoms with van der Waals surface area (Å²) < 4.78 is 0. The van der Waals surface area contributed by atoms with E-state index in [1.54, 1.807) is 30.7 Å². The van der Waals surface area contributed by atoms with Crippen LogP contribution in [0.15, 0.2) is 61.1 Å². The van der Waals surface area contributed by atoms with Crippen molar-refractivity contribution in [3.05, 3.63) is 83.4 Å². The zero-order chi connectivity index (χ0) is 25.9. The van der Waals surface area contributed by atoms with Crippen molar-refractivity contribution in [2.24, 2.45) is 5.41 Å². The van der Waals surface area contributed by atoms with Crippen molar-refractivity contribution in [2.45, 2.75) is 47.2 Å². The Kier molecular flexibility index (Phi) is 12.9. The van der Waals surface area contributed by atoms with Crippen LogP contribution in [0.5, 0.6) is 0 Å². The first kappa shape index (κ1) is 34.3. The van der Waals surface area contributed by atoms with Gasteiger partial charge in [0.25, 0.3) is 0 Å². The molecule has 1 aromatic carbocycles. The molecule has 2 aromatic heterocycles. The second-order valence-corrected chi connectivity index (χ2v) is 9.93. The van der Waals surface area contributed by atoms with E-state index in [1.807, 2.05) is 44.6 Å². The number of nitrogens with zero attached hydrogens (tertiary/aromatic N) is 5. The van der Waals surface area contributed by atoms with E-state index in [0.29, 0.717) is 13.1 Å². The highest BCUT2D eigenvalue weighted by atomic mass is 35.5. The fraction of sp³-hybridized carbons (Fsp3) is 0.379. The highest BCUT2D eigenvalue weighted by Crippen LogP contribution is 2.39. The summed E-state index contributed by atoms with van der Waals surface area (Å²) in [5.74, 6) is -0.359.